The number of thioether (sulfide) groups is 1. The zero-order chi connectivity index (χ0) is 25.7. The minimum absolute atomic E-state index is 0.0385. The average Bonchev–Trinajstić information content (AvgIpc) is 3.32. The molecule has 0 aliphatic heterocycles. The van der Waals surface area contributed by atoms with Gasteiger partial charge in [0.15, 0.2) is 5.82 Å². The Morgan fingerprint density at radius 1 is 1.06 bits per heavy atom. The molecule has 1 heterocycles. The molecule has 1 aromatic heterocycles. The van der Waals surface area contributed by atoms with Crippen molar-refractivity contribution in [2.24, 2.45) is 0 Å². The number of benzene rings is 3. The molecule has 7 nitrogen and oxygen atoms in total. The van der Waals surface area contributed by atoms with Gasteiger partial charge >= 0.3 is 5.97 Å². The Labute approximate surface area is 226 Å². The number of hydrogen-bond donors (Lipinski definition) is 2. The highest BCUT2D eigenvalue weighted by molar-refractivity contribution is 8.04. The fourth-order valence-corrected chi connectivity index (χ4v) is 4.43. The van der Waals surface area contributed by atoms with Crippen molar-refractivity contribution in [3.63, 3.8) is 0 Å². The summed E-state index contributed by atoms with van der Waals surface area (Å²) in [7, 11) is 1.53. The van der Waals surface area contributed by atoms with Gasteiger partial charge in [-0.1, -0.05) is 53.0 Å². The lowest BCUT2D eigenvalue weighted by Crippen LogP contribution is -2.00. The summed E-state index contributed by atoms with van der Waals surface area (Å²) in [4.78, 5) is 16.4. The highest BCUT2D eigenvalue weighted by Gasteiger charge is 2.17. The van der Waals surface area contributed by atoms with E-state index in [1.54, 1.807) is 42.5 Å². The molecule has 0 saturated heterocycles. The first-order valence-electron chi connectivity index (χ1n) is 10.4. The second-order valence-corrected chi connectivity index (χ2v) is 9.58. The number of aliphatic carboxylic acids is 1. The number of aromatic nitrogens is 3. The molecule has 4 rings (SSSR count). The lowest BCUT2D eigenvalue weighted by Gasteiger charge is -2.11. The van der Waals surface area contributed by atoms with E-state index in [0.717, 1.165) is 17.3 Å². The molecule has 0 amide bonds. The van der Waals surface area contributed by atoms with Crippen molar-refractivity contribution in [2.75, 3.05) is 7.11 Å². The minimum Gasteiger partial charge on any atom is -0.496 e. The van der Waals surface area contributed by atoms with Crippen molar-refractivity contribution in [1.29, 1.82) is 0 Å². The zero-order valence-electron chi connectivity index (χ0n) is 18.7. The van der Waals surface area contributed by atoms with E-state index < -0.39 is 5.97 Å². The molecule has 3 aromatic carbocycles. The van der Waals surface area contributed by atoms with Gasteiger partial charge in [-0.2, -0.15) is 0 Å². The Hall–Kier alpha value is -3.17. The summed E-state index contributed by atoms with van der Waals surface area (Å²) in [6.07, 6.45) is 1.46. The molecular weight excluding hydrogens is 545 g/mol. The maximum absolute atomic E-state index is 12.1. The molecule has 36 heavy (non-hydrogen) atoms. The van der Waals surface area contributed by atoms with Crippen molar-refractivity contribution >= 4 is 58.6 Å². The third-order valence-electron chi connectivity index (χ3n) is 4.89. The standard InChI is InChI=1S/C25H18Cl3N3O4S/c1-34-21-9-7-17(27)12-18(21)23-29-25(31-30-23)36-22(24(32)33)11-15-10-16(26)6-8-20(15)35-13-14-4-2-3-5-19(14)28/h2-12H,13H2,1H3,(H,32,33)(H,29,30,31)/b22-11-. The number of carboxylic acids is 1. The molecule has 0 radical (unpaired) electrons. The summed E-state index contributed by atoms with van der Waals surface area (Å²) in [6.45, 7) is 0.198. The highest BCUT2D eigenvalue weighted by Crippen LogP contribution is 2.34. The van der Waals surface area contributed by atoms with Gasteiger partial charge in [-0.15, -0.1) is 5.10 Å². The Kier molecular flexibility index (Phi) is 8.43. The van der Waals surface area contributed by atoms with Crippen LogP contribution in [0.5, 0.6) is 11.5 Å². The van der Waals surface area contributed by atoms with Crippen molar-refractivity contribution < 1.29 is 19.4 Å². The maximum Gasteiger partial charge on any atom is 0.342 e. The van der Waals surface area contributed by atoms with Crippen molar-refractivity contribution in [3.05, 3.63) is 91.8 Å². The molecule has 184 valence electrons. The lowest BCUT2D eigenvalue weighted by atomic mass is 10.2. The van der Waals surface area contributed by atoms with E-state index in [1.807, 2.05) is 18.2 Å². The van der Waals surface area contributed by atoms with Crippen molar-refractivity contribution in [1.82, 2.24) is 15.2 Å². The van der Waals surface area contributed by atoms with Gasteiger partial charge in [-0.25, -0.2) is 9.78 Å². The van der Waals surface area contributed by atoms with Crippen LogP contribution >= 0.6 is 46.6 Å². The monoisotopic (exact) mass is 561 g/mol. The Balaban J connectivity index is 1.61. The number of carbonyl (C=O) groups is 1. The second-order valence-electron chi connectivity index (χ2n) is 7.29. The molecule has 0 aliphatic rings. The van der Waals surface area contributed by atoms with Crippen LogP contribution in [-0.4, -0.2) is 33.4 Å². The topological polar surface area (TPSA) is 97.3 Å². The van der Waals surface area contributed by atoms with Gasteiger partial charge in [-0.05, 0) is 60.3 Å². The van der Waals surface area contributed by atoms with Crippen molar-refractivity contribution in [2.45, 2.75) is 11.8 Å². The molecule has 0 fully saturated rings. The van der Waals surface area contributed by atoms with E-state index in [9.17, 15) is 9.90 Å². The maximum atomic E-state index is 12.1. The molecular formula is C25H18Cl3N3O4S. The first kappa shape index (κ1) is 25.9. The summed E-state index contributed by atoms with van der Waals surface area (Å²) in [5.74, 6) is 0.204. The Bertz CT molecular complexity index is 1440. The van der Waals surface area contributed by atoms with Gasteiger partial charge in [0.05, 0.1) is 12.7 Å². The SMILES string of the molecule is COc1ccc(Cl)cc1-c1nc(S/C(=C\c2cc(Cl)ccc2OCc2ccccc2Cl)C(=O)O)n[nH]1. The molecule has 4 aromatic rings. The van der Waals surface area contributed by atoms with Crippen LogP contribution in [0.4, 0.5) is 0 Å². The number of ether oxygens (including phenoxy) is 2. The van der Waals surface area contributed by atoms with Crippen LogP contribution in [0.25, 0.3) is 17.5 Å². The van der Waals surface area contributed by atoms with Gasteiger partial charge in [0.25, 0.3) is 0 Å². The van der Waals surface area contributed by atoms with Crippen LogP contribution in [0.3, 0.4) is 0 Å². The van der Waals surface area contributed by atoms with Gasteiger partial charge in [0.2, 0.25) is 5.16 Å². The number of nitrogens with zero attached hydrogens (tertiary/aromatic N) is 2. The lowest BCUT2D eigenvalue weighted by molar-refractivity contribution is -0.131. The fraction of sp³-hybridized carbons (Fsp3) is 0.0800. The molecule has 0 atom stereocenters. The summed E-state index contributed by atoms with van der Waals surface area (Å²) < 4.78 is 11.3. The van der Waals surface area contributed by atoms with Crippen LogP contribution in [0, 0.1) is 0 Å². The van der Waals surface area contributed by atoms with E-state index >= 15 is 0 Å². The van der Waals surface area contributed by atoms with Crippen molar-refractivity contribution in [3.8, 4) is 22.9 Å². The van der Waals surface area contributed by atoms with Crippen LogP contribution in [0.1, 0.15) is 11.1 Å². The van der Waals surface area contributed by atoms with E-state index in [2.05, 4.69) is 15.2 Å². The number of H-pyrrole nitrogens is 1. The molecule has 11 heteroatoms. The van der Waals surface area contributed by atoms with Gasteiger partial charge in [-0.3, -0.25) is 5.10 Å². The number of methoxy groups -OCH3 is 1. The number of rotatable bonds is 9. The second kappa shape index (κ2) is 11.7. The predicted octanol–water partition coefficient (Wildman–Crippen LogP) is 7.24. The third-order valence-corrected chi connectivity index (χ3v) is 6.61. The molecule has 2 N–H and O–H groups in total. The van der Waals surface area contributed by atoms with Crippen LogP contribution < -0.4 is 9.47 Å². The van der Waals surface area contributed by atoms with E-state index in [-0.39, 0.29) is 16.7 Å². The first-order valence-corrected chi connectivity index (χ1v) is 12.3. The third kappa shape index (κ3) is 6.33. The average molecular weight is 563 g/mol. The first-order chi connectivity index (χ1) is 17.3. The number of halogens is 3. The highest BCUT2D eigenvalue weighted by atomic mass is 35.5. The number of carboxylic acid groups (broad SMARTS) is 1. The summed E-state index contributed by atoms with van der Waals surface area (Å²) in [5.41, 5.74) is 1.86. The number of hydrogen-bond acceptors (Lipinski definition) is 6. The van der Waals surface area contributed by atoms with Gasteiger partial charge in [0.1, 0.15) is 23.0 Å². The quantitative estimate of drug-likeness (QED) is 0.164. The fourth-order valence-electron chi connectivity index (χ4n) is 3.19. The molecule has 0 spiro atoms. The Morgan fingerprint density at radius 2 is 1.78 bits per heavy atom. The van der Waals surface area contributed by atoms with Crippen LogP contribution in [0.2, 0.25) is 15.1 Å². The molecule has 0 saturated carbocycles. The minimum atomic E-state index is -1.16. The Morgan fingerprint density at radius 3 is 2.50 bits per heavy atom. The molecule has 0 unspecified atom stereocenters. The van der Waals surface area contributed by atoms with E-state index in [1.165, 1.54) is 13.2 Å². The van der Waals surface area contributed by atoms with Crippen LogP contribution in [-0.2, 0) is 11.4 Å². The van der Waals surface area contributed by atoms with Crippen LogP contribution in [0.15, 0.2) is 70.7 Å². The van der Waals surface area contributed by atoms with E-state index in [0.29, 0.717) is 43.5 Å². The van der Waals surface area contributed by atoms with E-state index in [4.69, 9.17) is 44.3 Å². The smallest absolute Gasteiger partial charge is 0.342 e. The number of aromatic amines is 1. The number of nitrogens with one attached hydrogen (secondary N) is 1. The normalized spacial score (nSPS) is 11.4. The predicted molar refractivity (Wildman–Crippen MR) is 142 cm³/mol. The molecule has 0 aliphatic carbocycles. The van der Waals surface area contributed by atoms with Gasteiger partial charge in [0, 0.05) is 26.2 Å². The zero-order valence-corrected chi connectivity index (χ0v) is 21.8. The molecule has 0 bridgehead atoms. The summed E-state index contributed by atoms with van der Waals surface area (Å²) >= 11 is 19.4. The largest absolute Gasteiger partial charge is 0.496 e. The summed E-state index contributed by atoms with van der Waals surface area (Å²) in [6, 6.07) is 17.3. The van der Waals surface area contributed by atoms with Gasteiger partial charge < -0.3 is 14.6 Å². The summed E-state index contributed by atoms with van der Waals surface area (Å²) in [5, 5.41) is 18.5.